The summed E-state index contributed by atoms with van der Waals surface area (Å²) >= 11 is 13.0. The first-order valence-corrected chi connectivity index (χ1v) is 16.4. The second-order valence-electron chi connectivity index (χ2n) is 13.1. The van der Waals surface area contributed by atoms with Crippen molar-refractivity contribution in [2.24, 2.45) is 5.41 Å². The number of halogens is 2. The van der Waals surface area contributed by atoms with Gasteiger partial charge in [-0.05, 0) is 99.1 Å². The fourth-order valence-electron chi connectivity index (χ4n) is 7.11. The Morgan fingerprint density at radius 3 is 2.42 bits per heavy atom. The van der Waals surface area contributed by atoms with Crippen molar-refractivity contribution in [1.29, 1.82) is 0 Å². The summed E-state index contributed by atoms with van der Waals surface area (Å²) in [6.45, 7) is 0.457. The van der Waals surface area contributed by atoms with Crippen molar-refractivity contribution in [1.82, 2.24) is 15.1 Å². The van der Waals surface area contributed by atoms with Gasteiger partial charge in [0.05, 0.1) is 22.3 Å². The Bertz CT molecular complexity index is 1660. The van der Waals surface area contributed by atoms with Crippen LogP contribution in [0.4, 0.5) is 0 Å². The minimum atomic E-state index is -0.112. The number of allylic oxidation sites excluding steroid dienone is 1. The first-order valence-electron chi connectivity index (χ1n) is 15.7. The lowest BCUT2D eigenvalue weighted by molar-refractivity contribution is -0.133. The van der Waals surface area contributed by atoms with Gasteiger partial charge in [-0.3, -0.25) is 4.98 Å². The molecule has 0 unspecified atom stereocenters. The summed E-state index contributed by atoms with van der Waals surface area (Å²) < 4.78 is 18.9. The van der Waals surface area contributed by atoms with Crippen molar-refractivity contribution < 1.29 is 14.0 Å². The van der Waals surface area contributed by atoms with E-state index < -0.39 is 0 Å². The number of nitrogens with zero attached hydrogens (tertiary/aromatic N) is 3. The Hall–Kier alpha value is -2.93. The van der Waals surface area contributed by atoms with Gasteiger partial charge in [0.2, 0.25) is 5.88 Å². The third kappa shape index (κ3) is 5.26. The molecule has 0 N–H and O–H groups in total. The molecule has 222 valence electrons. The second-order valence-corrected chi connectivity index (χ2v) is 13.9. The molecule has 4 aromatic rings. The van der Waals surface area contributed by atoms with Gasteiger partial charge in [0, 0.05) is 41.0 Å². The van der Waals surface area contributed by atoms with Gasteiger partial charge in [-0.15, -0.1) is 0 Å². The molecular formula is C35H35Cl2N3O3. The number of aromatic nitrogens is 3. The fraction of sp³-hybridized carbons (Fsp3) is 0.457. The van der Waals surface area contributed by atoms with Crippen molar-refractivity contribution in [2.75, 3.05) is 0 Å². The van der Waals surface area contributed by atoms with Gasteiger partial charge in [-0.2, -0.15) is 0 Å². The maximum absolute atomic E-state index is 6.83. The molecule has 3 aromatic heterocycles. The summed E-state index contributed by atoms with van der Waals surface area (Å²) in [5.74, 6) is 2.09. The molecule has 3 heterocycles. The summed E-state index contributed by atoms with van der Waals surface area (Å²) in [4.78, 5) is 8.67. The van der Waals surface area contributed by atoms with Crippen molar-refractivity contribution >= 4 is 40.1 Å². The number of ether oxygens (including phenoxy) is 2. The molecule has 0 aliphatic heterocycles. The van der Waals surface area contributed by atoms with Crippen LogP contribution in [0, 0.1) is 5.41 Å². The zero-order chi connectivity index (χ0) is 29.0. The maximum atomic E-state index is 6.83. The summed E-state index contributed by atoms with van der Waals surface area (Å²) in [6.07, 6.45) is 22.4. The van der Waals surface area contributed by atoms with Crippen LogP contribution in [0.1, 0.15) is 93.4 Å². The van der Waals surface area contributed by atoms with Gasteiger partial charge >= 0.3 is 0 Å². The predicted molar refractivity (Wildman–Crippen MR) is 168 cm³/mol. The lowest BCUT2D eigenvalue weighted by Gasteiger charge is -2.52. The number of hydrogen-bond acceptors (Lipinski definition) is 6. The van der Waals surface area contributed by atoms with Crippen LogP contribution in [0.2, 0.25) is 10.0 Å². The summed E-state index contributed by atoms with van der Waals surface area (Å²) in [5, 5.41) is 7.64. The van der Waals surface area contributed by atoms with Crippen molar-refractivity contribution in [3.05, 3.63) is 75.9 Å². The van der Waals surface area contributed by atoms with Gasteiger partial charge < -0.3 is 14.0 Å². The summed E-state index contributed by atoms with van der Waals surface area (Å²) in [7, 11) is 0. The predicted octanol–water partition coefficient (Wildman–Crippen LogP) is 9.72. The Morgan fingerprint density at radius 2 is 1.72 bits per heavy atom. The Morgan fingerprint density at radius 1 is 0.953 bits per heavy atom. The number of rotatable bonds is 9. The molecule has 2 bridgehead atoms. The molecule has 0 atom stereocenters. The topological polar surface area (TPSA) is 70.3 Å². The molecule has 5 fully saturated rings. The molecule has 6 nitrogen and oxygen atoms in total. The van der Waals surface area contributed by atoms with Gasteiger partial charge in [-0.1, -0.05) is 52.6 Å². The SMILES string of the molecule is Clc1cncc(Cl)c1-c1noc(C2CC2)c1COC12CCC(/C=C/c3ccc4ccnc(OC5CCC5)c4c3)(CC1)CC2. The molecule has 0 amide bonds. The van der Waals surface area contributed by atoms with Crippen LogP contribution in [0.25, 0.3) is 28.1 Å². The van der Waals surface area contributed by atoms with Crippen molar-refractivity contribution in [3.63, 3.8) is 0 Å². The van der Waals surface area contributed by atoms with E-state index in [0.29, 0.717) is 39.9 Å². The Kier molecular flexibility index (Phi) is 7.00. The lowest BCUT2D eigenvalue weighted by Crippen LogP contribution is -2.46. The van der Waals surface area contributed by atoms with Crippen LogP contribution in [0.3, 0.4) is 0 Å². The van der Waals surface area contributed by atoms with E-state index in [2.05, 4.69) is 51.5 Å². The van der Waals surface area contributed by atoms with E-state index in [4.69, 9.17) is 37.2 Å². The molecule has 1 aromatic carbocycles. The Balaban J connectivity index is 0.971. The highest BCUT2D eigenvalue weighted by atomic mass is 35.5. The molecule has 0 radical (unpaired) electrons. The second kappa shape index (κ2) is 10.9. The summed E-state index contributed by atoms with van der Waals surface area (Å²) in [6, 6.07) is 8.69. The van der Waals surface area contributed by atoms with E-state index in [0.717, 1.165) is 86.8 Å². The number of pyridine rings is 2. The number of benzene rings is 1. The van der Waals surface area contributed by atoms with E-state index in [1.165, 1.54) is 17.4 Å². The largest absolute Gasteiger partial charge is 0.474 e. The fourth-order valence-corrected chi connectivity index (χ4v) is 7.65. The number of hydrogen-bond donors (Lipinski definition) is 0. The quantitative estimate of drug-likeness (QED) is 0.187. The van der Waals surface area contributed by atoms with Crippen LogP contribution in [0.15, 0.2) is 53.5 Å². The van der Waals surface area contributed by atoms with Gasteiger partial charge in [-0.25, -0.2) is 4.98 Å². The zero-order valence-electron chi connectivity index (χ0n) is 24.2. The van der Waals surface area contributed by atoms with Gasteiger partial charge in [0.15, 0.2) is 0 Å². The zero-order valence-corrected chi connectivity index (χ0v) is 25.7. The molecule has 8 heteroatoms. The first-order chi connectivity index (χ1) is 21.0. The average molecular weight is 617 g/mol. The molecule has 0 saturated heterocycles. The molecule has 43 heavy (non-hydrogen) atoms. The van der Waals surface area contributed by atoms with Crippen LogP contribution in [-0.2, 0) is 11.3 Å². The third-order valence-corrected chi connectivity index (χ3v) is 10.9. The maximum Gasteiger partial charge on any atom is 0.221 e. The lowest BCUT2D eigenvalue weighted by atomic mass is 9.58. The minimum absolute atomic E-state index is 0.112. The average Bonchev–Trinajstić information content (AvgIpc) is 3.77. The van der Waals surface area contributed by atoms with E-state index in [9.17, 15) is 0 Å². The Labute approximate surface area is 261 Å². The van der Waals surface area contributed by atoms with Crippen molar-refractivity contribution in [3.8, 4) is 17.1 Å². The normalized spacial score (nSPS) is 25.4. The summed E-state index contributed by atoms with van der Waals surface area (Å²) in [5.41, 5.74) is 3.66. The van der Waals surface area contributed by atoms with E-state index in [-0.39, 0.29) is 11.0 Å². The minimum Gasteiger partial charge on any atom is -0.474 e. The molecular weight excluding hydrogens is 581 g/mol. The van der Waals surface area contributed by atoms with E-state index in [1.807, 2.05) is 6.20 Å². The molecule has 5 aliphatic carbocycles. The van der Waals surface area contributed by atoms with Gasteiger partial charge in [0.1, 0.15) is 17.6 Å². The highest BCUT2D eigenvalue weighted by Crippen LogP contribution is 2.55. The first kappa shape index (κ1) is 27.6. The van der Waals surface area contributed by atoms with Crippen LogP contribution < -0.4 is 4.74 Å². The van der Waals surface area contributed by atoms with Crippen molar-refractivity contribution in [2.45, 2.75) is 94.9 Å². The standard InChI is InChI=1S/C35H35Cl2N3O3/c36-28-19-38-20-29(37)30(28)31-27(32(43-40-31)24-6-7-24)21-41-35-14-11-34(12-15-35,13-16-35)10-8-22-4-5-23-9-17-39-33(26(23)18-22)42-25-2-1-3-25/h4-5,8-10,17-20,24-25H,1-3,6-7,11-16,21H2/b10-8+. The molecule has 9 rings (SSSR count). The highest BCUT2D eigenvalue weighted by Gasteiger charge is 2.48. The molecule has 5 aliphatic rings. The van der Waals surface area contributed by atoms with Crippen LogP contribution in [-0.4, -0.2) is 26.8 Å². The smallest absolute Gasteiger partial charge is 0.221 e. The highest BCUT2D eigenvalue weighted by molar-refractivity contribution is 6.38. The van der Waals surface area contributed by atoms with Crippen LogP contribution in [0.5, 0.6) is 5.88 Å². The third-order valence-electron chi connectivity index (χ3n) is 10.3. The van der Waals surface area contributed by atoms with Crippen LogP contribution >= 0.6 is 23.2 Å². The number of fused-ring (bicyclic) bond motifs is 4. The molecule has 0 spiro atoms. The van der Waals surface area contributed by atoms with E-state index >= 15 is 0 Å². The van der Waals surface area contributed by atoms with E-state index in [1.54, 1.807) is 12.4 Å². The monoisotopic (exact) mass is 615 g/mol. The molecule has 5 saturated carbocycles. The van der Waals surface area contributed by atoms with Gasteiger partial charge in [0.25, 0.3) is 0 Å².